The molecule has 1 aliphatic carbocycles. The van der Waals surface area contributed by atoms with Crippen molar-refractivity contribution < 1.29 is 9.47 Å². The molecular formula is C64H42N2O2. The smallest absolute Gasteiger partial charge is 0.151 e. The summed E-state index contributed by atoms with van der Waals surface area (Å²) in [6, 6.07) is 79.4. The van der Waals surface area contributed by atoms with Crippen molar-refractivity contribution in [1.29, 1.82) is 0 Å². The fraction of sp³-hybridized carbons (Fsp3) is 0.0312. The molecule has 2 aliphatic heterocycles. The van der Waals surface area contributed by atoms with E-state index in [1.54, 1.807) is 0 Å². The van der Waals surface area contributed by atoms with Gasteiger partial charge in [-0.25, -0.2) is 0 Å². The van der Waals surface area contributed by atoms with Crippen LogP contribution in [0.2, 0.25) is 0 Å². The van der Waals surface area contributed by atoms with E-state index in [4.69, 9.17) is 9.47 Å². The van der Waals surface area contributed by atoms with Gasteiger partial charge in [0.1, 0.15) is 5.76 Å². The van der Waals surface area contributed by atoms with E-state index in [0.29, 0.717) is 0 Å². The quantitative estimate of drug-likeness (QED) is 0.161. The maximum absolute atomic E-state index is 6.57. The molecule has 0 spiro atoms. The van der Waals surface area contributed by atoms with Gasteiger partial charge < -0.3 is 19.3 Å². The molecule has 68 heavy (non-hydrogen) atoms. The minimum absolute atomic E-state index is 0.829. The van der Waals surface area contributed by atoms with Crippen LogP contribution >= 0.6 is 0 Å². The number of anilines is 5. The van der Waals surface area contributed by atoms with Crippen LogP contribution in [-0.2, 0) is 0 Å². The molecule has 11 aromatic carbocycles. The van der Waals surface area contributed by atoms with Crippen LogP contribution in [0.5, 0.6) is 17.2 Å². The molecule has 3 aliphatic rings. The van der Waals surface area contributed by atoms with Crippen molar-refractivity contribution in [2.75, 3.05) is 9.80 Å². The lowest BCUT2D eigenvalue weighted by molar-refractivity contribution is 0.421. The second-order valence-corrected chi connectivity index (χ2v) is 17.9. The Balaban J connectivity index is 1.09. The molecule has 0 amide bonds. The largest absolute Gasteiger partial charge is 0.453 e. The van der Waals surface area contributed by atoms with Crippen molar-refractivity contribution in [1.82, 2.24) is 0 Å². The first-order chi connectivity index (χ1) is 33.7. The van der Waals surface area contributed by atoms with Gasteiger partial charge in [0.15, 0.2) is 17.2 Å². The molecule has 0 bridgehead atoms. The molecule has 0 saturated heterocycles. The molecule has 0 saturated carbocycles. The maximum Gasteiger partial charge on any atom is 0.151 e. The van der Waals surface area contributed by atoms with Gasteiger partial charge in [0, 0.05) is 11.4 Å². The van der Waals surface area contributed by atoms with E-state index < -0.39 is 0 Å². The van der Waals surface area contributed by atoms with Gasteiger partial charge in [-0.05, 0) is 168 Å². The van der Waals surface area contributed by atoms with Gasteiger partial charge in [0.25, 0.3) is 0 Å². The minimum Gasteiger partial charge on any atom is -0.453 e. The average molecular weight is 871 g/mol. The van der Waals surface area contributed by atoms with E-state index in [1.807, 2.05) is 12.1 Å². The summed E-state index contributed by atoms with van der Waals surface area (Å²) in [7, 11) is 0. The van der Waals surface area contributed by atoms with Gasteiger partial charge in [-0.3, -0.25) is 0 Å². The minimum atomic E-state index is 0.829. The highest BCUT2D eigenvalue weighted by atomic mass is 16.5. The molecular weight excluding hydrogens is 829 g/mol. The first-order valence-electron chi connectivity index (χ1n) is 23.5. The van der Waals surface area contributed by atoms with Gasteiger partial charge in [0.05, 0.1) is 22.8 Å². The Bertz CT molecular complexity index is 3890. The summed E-state index contributed by atoms with van der Waals surface area (Å²) in [5.41, 5.74) is 13.6. The third-order valence-electron chi connectivity index (χ3n) is 14.0. The number of allylic oxidation sites excluding steroid dienone is 3. The Morgan fingerprint density at radius 1 is 0.353 bits per heavy atom. The molecule has 4 nitrogen and oxygen atoms in total. The van der Waals surface area contributed by atoms with Gasteiger partial charge in [-0.2, -0.15) is 0 Å². The van der Waals surface area contributed by atoms with Crippen LogP contribution in [0, 0.1) is 0 Å². The van der Waals surface area contributed by atoms with Crippen molar-refractivity contribution in [3.05, 3.63) is 242 Å². The fourth-order valence-electron chi connectivity index (χ4n) is 11.0. The summed E-state index contributed by atoms with van der Waals surface area (Å²) in [6.07, 6.45) is 6.20. The second kappa shape index (κ2) is 15.4. The predicted molar refractivity (Wildman–Crippen MR) is 282 cm³/mol. The first kappa shape index (κ1) is 38.4. The lowest BCUT2D eigenvalue weighted by Crippen LogP contribution is -2.25. The highest BCUT2D eigenvalue weighted by Gasteiger charge is 2.30. The van der Waals surface area contributed by atoms with E-state index in [1.165, 1.54) is 82.2 Å². The van der Waals surface area contributed by atoms with Crippen LogP contribution < -0.4 is 19.3 Å². The molecule has 0 fully saturated rings. The first-order valence-corrected chi connectivity index (χ1v) is 23.5. The Morgan fingerprint density at radius 3 is 1.68 bits per heavy atom. The van der Waals surface area contributed by atoms with E-state index in [2.05, 4.69) is 228 Å². The van der Waals surface area contributed by atoms with Crippen molar-refractivity contribution >= 4 is 71.5 Å². The Hall–Kier alpha value is -8.86. The summed E-state index contributed by atoms with van der Waals surface area (Å²) in [5.74, 6) is 3.43. The lowest BCUT2D eigenvalue weighted by Gasteiger charge is -2.36. The molecule has 2 heterocycles. The average Bonchev–Trinajstić information content (AvgIpc) is 3.40. The van der Waals surface area contributed by atoms with Crippen LogP contribution in [0.4, 0.5) is 28.4 Å². The number of hydrogen-bond acceptors (Lipinski definition) is 4. The molecule has 0 radical (unpaired) electrons. The Morgan fingerprint density at radius 2 is 0.926 bits per heavy atom. The molecule has 11 aromatic rings. The van der Waals surface area contributed by atoms with Crippen LogP contribution in [0.25, 0.3) is 76.5 Å². The summed E-state index contributed by atoms with van der Waals surface area (Å²) in [5, 5.41) is 9.55. The second-order valence-electron chi connectivity index (χ2n) is 17.9. The van der Waals surface area contributed by atoms with E-state index in [9.17, 15) is 0 Å². The van der Waals surface area contributed by atoms with Crippen LogP contribution in [0.1, 0.15) is 12.8 Å². The number of para-hydroxylation sites is 6. The lowest BCUT2D eigenvalue weighted by atomic mass is 9.83. The van der Waals surface area contributed by atoms with Gasteiger partial charge in [0.2, 0.25) is 0 Å². The summed E-state index contributed by atoms with van der Waals surface area (Å²) >= 11 is 0. The van der Waals surface area contributed by atoms with Crippen molar-refractivity contribution in [2.45, 2.75) is 12.8 Å². The normalized spacial score (nSPS) is 13.8. The number of hydrogen-bond donors (Lipinski definition) is 0. The zero-order valence-electron chi connectivity index (χ0n) is 37.1. The van der Waals surface area contributed by atoms with Crippen LogP contribution in [0.15, 0.2) is 242 Å². The Labute approximate surface area is 394 Å². The number of benzene rings is 11. The molecule has 4 heteroatoms. The van der Waals surface area contributed by atoms with Gasteiger partial charge in [-0.1, -0.05) is 152 Å². The molecule has 14 rings (SSSR count). The van der Waals surface area contributed by atoms with Gasteiger partial charge >= 0.3 is 0 Å². The zero-order chi connectivity index (χ0) is 44.7. The van der Waals surface area contributed by atoms with Crippen molar-refractivity contribution in [3.63, 3.8) is 0 Å². The van der Waals surface area contributed by atoms with Crippen LogP contribution in [0.3, 0.4) is 0 Å². The number of nitrogens with zero attached hydrogens (tertiary/aromatic N) is 2. The zero-order valence-corrected chi connectivity index (χ0v) is 37.1. The fourth-order valence-corrected chi connectivity index (χ4v) is 11.0. The van der Waals surface area contributed by atoms with Crippen molar-refractivity contribution in [3.8, 4) is 50.6 Å². The number of rotatable bonds is 5. The topological polar surface area (TPSA) is 24.9 Å². The van der Waals surface area contributed by atoms with E-state index in [-0.39, 0.29) is 0 Å². The standard InChI is InChI=1S/C64H42N2O2/c1-2-15-41(16-3-1)43-29-30-45-38-46(32-31-44(45)37-43)63-51-35-33-48(66-57-23-8-12-27-61(57)68-62-28-13-9-24-58(62)66)40-54(51)64(50-20-14-18-42-17-4-5-19-49(42)50)52-36-34-47(39-53(52)63)65-55-21-6-10-25-59(55)67-60-26-11-7-22-56(60)65/h1-6,8-21,23-40H,7,22H2. The van der Waals surface area contributed by atoms with Crippen molar-refractivity contribution in [2.24, 2.45) is 0 Å². The molecule has 320 valence electrons. The molecule has 0 aromatic heterocycles. The predicted octanol–water partition coefficient (Wildman–Crippen LogP) is 18.0. The SMILES string of the molecule is C1=CC2=C(CC1)N(c1ccc3c(-c4cccc5ccccc45)c4cc(N5c6ccccc6Oc6ccccc65)ccc4c(-c4ccc5cc(-c6ccccc6)ccc5c4)c3c1)c1ccccc1O2. The highest BCUT2D eigenvalue weighted by Crippen LogP contribution is 2.54. The van der Waals surface area contributed by atoms with E-state index >= 15 is 0 Å². The Kier molecular flexibility index (Phi) is 8.68. The highest BCUT2D eigenvalue weighted by molar-refractivity contribution is 6.25. The maximum atomic E-state index is 6.57. The monoisotopic (exact) mass is 870 g/mol. The van der Waals surface area contributed by atoms with Gasteiger partial charge in [-0.15, -0.1) is 0 Å². The number of ether oxygens (including phenoxy) is 2. The summed E-state index contributed by atoms with van der Waals surface area (Å²) in [6.45, 7) is 0. The van der Waals surface area contributed by atoms with E-state index in [0.717, 1.165) is 64.3 Å². The third-order valence-corrected chi connectivity index (χ3v) is 14.0. The van der Waals surface area contributed by atoms with Crippen LogP contribution in [-0.4, -0.2) is 0 Å². The number of fused-ring (bicyclic) bond motifs is 7. The molecule has 0 unspecified atom stereocenters. The molecule has 0 N–H and O–H groups in total. The summed E-state index contributed by atoms with van der Waals surface area (Å²) < 4.78 is 13.1. The molecule has 0 atom stereocenters. The summed E-state index contributed by atoms with van der Waals surface area (Å²) in [4.78, 5) is 4.79. The third kappa shape index (κ3) is 6.08.